The van der Waals surface area contributed by atoms with Crippen LogP contribution >= 0.6 is 0 Å². The van der Waals surface area contributed by atoms with Gasteiger partial charge in [-0.3, -0.25) is 4.90 Å². The molecule has 3 atom stereocenters. The molecule has 0 saturated carbocycles. The van der Waals surface area contributed by atoms with E-state index < -0.39 is 0 Å². The molecule has 14 heavy (non-hydrogen) atoms. The summed E-state index contributed by atoms with van der Waals surface area (Å²) in [6, 6.07) is 2.17. The zero-order chi connectivity index (χ0) is 9.97. The van der Waals surface area contributed by atoms with E-state index in [2.05, 4.69) is 23.7 Å². The molecule has 2 heteroatoms. The van der Waals surface area contributed by atoms with Crippen molar-refractivity contribution in [3.8, 4) is 0 Å². The highest BCUT2D eigenvalue weighted by molar-refractivity contribution is 4.96. The summed E-state index contributed by atoms with van der Waals surface area (Å²) in [5, 5.41) is 3.74. The van der Waals surface area contributed by atoms with E-state index in [1.54, 1.807) is 0 Å². The van der Waals surface area contributed by atoms with Crippen molar-refractivity contribution >= 4 is 0 Å². The Balaban J connectivity index is 1.83. The monoisotopic (exact) mass is 194 g/mol. The molecule has 1 N–H and O–H groups in total. The summed E-state index contributed by atoms with van der Waals surface area (Å²) in [7, 11) is 0. The van der Waals surface area contributed by atoms with Crippen molar-refractivity contribution in [1.29, 1.82) is 0 Å². The van der Waals surface area contributed by atoms with Gasteiger partial charge in [-0.15, -0.1) is 6.58 Å². The lowest BCUT2D eigenvalue weighted by atomic mass is 10.1. The van der Waals surface area contributed by atoms with Crippen LogP contribution in [0.4, 0.5) is 0 Å². The van der Waals surface area contributed by atoms with Crippen LogP contribution in [-0.2, 0) is 0 Å². The van der Waals surface area contributed by atoms with Crippen LogP contribution in [0.5, 0.6) is 0 Å². The fourth-order valence-corrected chi connectivity index (χ4v) is 2.96. The Morgan fingerprint density at radius 2 is 2.36 bits per heavy atom. The molecule has 0 aromatic rings. The van der Waals surface area contributed by atoms with E-state index in [0.29, 0.717) is 6.04 Å². The Morgan fingerprint density at radius 3 is 3.14 bits per heavy atom. The zero-order valence-corrected chi connectivity index (χ0v) is 9.21. The zero-order valence-electron chi connectivity index (χ0n) is 9.21. The molecule has 80 valence electrons. The Hall–Kier alpha value is -0.340. The largest absolute Gasteiger partial charge is 0.310 e. The van der Waals surface area contributed by atoms with E-state index >= 15 is 0 Å². The maximum atomic E-state index is 3.79. The summed E-state index contributed by atoms with van der Waals surface area (Å²) in [6.45, 7) is 8.70. The first-order valence-electron chi connectivity index (χ1n) is 5.92. The van der Waals surface area contributed by atoms with Gasteiger partial charge in [-0.25, -0.2) is 0 Å². The molecule has 2 heterocycles. The van der Waals surface area contributed by atoms with Crippen molar-refractivity contribution < 1.29 is 0 Å². The first-order chi connectivity index (χ1) is 6.81. The molecule has 2 fully saturated rings. The Labute approximate surface area is 87.4 Å². The van der Waals surface area contributed by atoms with Crippen LogP contribution in [0.1, 0.15) is 32.6 Å². The van der Waals surface area contributed by atoms with Gasteiger partial charge in [0.25, 0.3) is 0 Å². The summed E-state index contributed by atoms with van der Waals surface area (Å²) in [4.78, 5) is 2.65. The number of nitrogens with zero attached hydrogens (tertiary/aromatic N) is 1. The smallest absolute Gasteiger partial charge is 0.0250 e. The molecule has 2 saturated heterocycles. The minimum Gasteiger partial charge on any atom is -0.310 e. The first kappa shape index (κ1) is 10.2. The van der Waals surface area contributed by atoms with Gasteiger partial charge in [0.1, 0.15) is 0 Å². The van der Waals surface area contributed by atoms with Crippen molar-refractivity contribution in [1.82, 2.24) is 10.2 Å². The molecule has 2 aliphatic rings. The number of hydrogen-bond acceptors (Lipinski definition) is 2. The van der Waals surface area contributed by atoms with Crippen LogP contribution in [0.2, 0.25) is 0 Å². The van der Waals surface area contributed by atoms with Gasteiger partial charge >= 0.3 is 0 Å². The van der Waals surface area contributed by atoms with Crippen LogP contribution in [-0.4, -0.2) is 36.1 Å². The molecule has 3 unspecified atom stereocenters. The molecule has 0 aromatic carbocycles. The van der Waals surface area contributed by atoms with E-state index in [1.165, 1.54) is 32.4 Å². The normalized spacial score (nSPS) is 34.4. The van der Waals surface area contributed by atoms with Crippen molar-refractivity contribution in [3.63, 3.8) is 0 Å². The molecule has 0 aliphatic carbocycles. The molecule has 0 spiro atoms. The van der Waals surface area contributed by atoms with Gasteiger partial charge in [0.05, 0.1) is 0 Å². The Morgan fingerprint density at radius 1 is 1.50 bits per heavy atom. The standard InChI is InChI=1S/C12H22N2/c1-3-5-10(2)13-11-7-9-14-8-4-6-12(11)14/h3,10-13H,1,4-9H2,2H3. The highest BCUT2D eigenvalue weighted by Crippen LogP contribution is 2.28. The molecule has 0 amide bonds. The van der Waals surface area contributed by atoms with Gasteiger partial charge in [0, 0.05) is 24.7 Å². The number of fused-ring (bicyclic) bond motifs is 1. The highest BCUT2D eigenvalue weighted by atomic mass is 15.2. The third-order valence-corrected chi connectivity index (χ3v) is 3.62. The average molecular weight is 194 g/mol. The topological polar surface area (TPSA) is 15.3 Å². The molecular weight excluding hydrogens is 172 g/mol. The van der Waals surface area contributed by atoms with Gasteiger partial charge in [-0.2, -0.15) is 0 Å². The summed E-state index contributed by atoms with van der Waals surface area (Å²) in [6.07, 6.45) is 7.24. The van der Waals surface area contributed by atoms with Crippen molar-refractivity contribution in [2.45, 2.75) is 50.7 Å². The van der Waals surface area contributed by atoms with Crippen LogP contribution < -0.4 is 5.32 Å². The summed E-state index contributed by atoms with van der Waals surface area (Å²) in [5.74, 6) is 0. The fourth-order valence-electron chi connectivity index (χ4n) is 2.96. The van der Waals surface area contributed by atoms with E-state index in [9.17, 15) is 0 Å². The summed E-state index contributed by atoms with van der Waals surface area (Å²) >= 11 is 0. The second-order valence-corrected chi connectivity index (χ2v) is 4.73. The Kier molecular flexibility index (Phi) is 3.24. The van der Waals surface area contributed by atoms with Crippen LogP contribution in [0.15, 0.2) is 12.7 Å². The molecule has 0 aromatic heterocycles. The van der Waals surface area contributed by atoms with Gasteiger partial charge < -0.3 is 5.32 Å². The Bertz CT molecular complexity index is 202. The van der Waals surface area contributed by atoms with E-state index in [0.717, 1.165) is 18.5 Å². The highest BCUT2D eigenvalue weighted by Gasteiger charge is 2.37. The van der Waals surface area contributed by atoms with Crippen LogP contribution in [0.3, 0.4) is 0 Å². The average Bonchev–Trinajstić information content (AvgIpc) is 2.70. The number of nitrogens with one attached hydrogen (secondary N) is 1. The van der Waals surface area contributed by atoms with Gasteiger partial charge in [0.2, 0.25) is 0 Å². The molecule has 0 bridgehead atoms. The lowest BCUT2D eigenvalue weighted by Gasteiger charge is -2.24. The quantitative estimate of drug-likeness (QED) is 0.686. The van der Waals surface area contributed by atoms with Gasteiger partial charge in [-0.05, 0) is 39.2 Å². The van der Waals surface area contributed by atoms with Gasteiger partial charge in [-0.1, -0.05) is 6.08 Å². The van der Waals surface area contributed by atoms with Crippen LogP contribution in [0, 0.1) is 0 Å². The number of hydrogen-bond donors (Lipinski definition) is 1. The molecule has 2 aliphatic heterocycles. The molecule has 2 nitrogen and oxygen atoms in total. The molecule has 2 rings (SSSR count). The second kappa shape index (κ2) is 4.45. The number of rotatable bonds is 4. The summed E-state index contributed by atoms with van der Waals surface area (Å²) < 4.78 is 0. The molecular formula is C12H22N2. The van der Waals surface area contributed by atoms with Crippen molar-refractivity contribution in [3.05, 3.63) is 12.7 Å². The van der Waals surface area contributed by atoms with Gasteiger partial charge in [0.15, 0.2) is 0 Å². The third kappa shape index (κ3) is 2.01. The lowest BCUT2D eigenvalue weighted by molar-refractivity contribution is 0.291. The molecule has 0 radical (unpaired) electrons. The van der Waals surface area contributed by atoms with E-state index in [-0.39, 0.29) is 0 Å². The van der Waals surface area contributed by atoms with E-state index in [1.807, 2.05) is 6.08 Å². The fraction of sp³-hybridized carbons (Fsp3) is 0.833. The minimum absolute atomic E-state index is 0.595. The van der Waals surface area contributed by atoms with Crippen LogP contribution in [0.25, 0.3) is 0 Å². The first-order valence-corrected chi connectivity index (χ1v) is 5.92. The van der Waals surface area contributed by atoms with Crippen molar-refractivity contribution in [2.75, 3.05) is 13.1 Å². The third-order valence-electron chi connectivity index (χ3n) is 3.62. The lowest BCUT2D eigenvalue weighted by Crippen LogP contribution is -2.43. The second-order valence-electron chi connectivity index (χ2n) is 4.73. The van der Waals surface area contributed by atoms with E-state index in [4.69, 9.17) is 0 Å². The maximum Gasteiger partial charge on any atom is 0.0250 e. The predicted octanol–water partition coefficient (Wildman–Crippen LogP) is 1.78. The van der Waals surface area contributed by atoms with Crippen molar-refractivity contribution in [2.24, 2.45) is 0 Å². The minimum atomic E-state index is 0.595. The predicted molar refractivity (Wildman–Crippen MR) is 60.4 cm³/mol. The SMILES string of the molecule is C=CCC(C)NC1CCN2CCCC12. The maximum absolute atomic E-state index is 3.79. The summed E-state index contributed by atoms with van der Waals surface area (Å²) in [5.41, 5.74) is 0.